The minimum absolute atomic E-state index is 0.0200. The van der Waals surface area contributed by atoms with Crippen LogP contribution < -0.4 is 0 Å². The highest BCUT2D eigenvalue weighted by atomic mass is 28.4. The first-order valence-corrected chi connectivity index (χ1v) is 14.5. The SMILES string of the molecule is C=CCC1CC(=CC(=O)OC)[C@H](OC(=O)CC)[C@](OC)(C(C)(C)CO[Si](C)(C)C(C)(C)C)O1. The van der Waals surface area contributed by atoms with Gasteiger partial charge in [-0.2, -0.15) is 0 Å². The van der Waals surface area contributed by atoms with E-state index in [0.717, 1.165) is 0 Å². The van der Waals surface area contributed by atoms with Crippen LogP contribution in [0.25, 0.3) is 0 Å². The lowest BCUT2D eigenvalue weighted by Crippen LogP contribution is -2.65. The summed E-state index contributed by atoms with van der Waals surface area (Å²) in [5, 5.41) is 0.0200. The maximum absolute atomic E-state index is 12.5. The standard InChI is InChI=1S/C25H44O7Si/c1-12-14-19-15-18(16-21(27)28-8)22(31-20(26)13-2)25(29-9,32-19)24(6,7)17-30-33(10,11)23(3,4)5/h12,16,19,22H,1,13-15,17H2,2-11H3/t19?,22-,25+/m0/s1. The molecule has 1 saturated heterocycles. The third kappa shape index (κ3) is 6.78. The number of ether oxygens (including phenoxy) is 4. The van der Waals surface area contributed by atoms with Crippen molar-refractivity contribution in [2.75, 3.05) is 20.8 Å². The molecule has 190 valence electrons. The number of methoxy groups -OCH3 is 2. The van der Waals surface area contributed by atoms with E-state index in [4.69, 9.17) is 23.4 Å². The summed E-state index contributed by atoms with van der Waals surface area (Å²) in [4.78, 5) is 24.7. The molecule has 0 saturated carbocycles. The number of hydrogen-bond donors (Lipinski definition) is 0. The van der Waals surface area contributed by atoms with Crippen molar-refractivity contribution in [1.29, 1.82) is 0 Å². The van der Waals surface area contributed by atoms with Gasteiger partial charge in [-0.05, 0) is 36.5 Å². The highest BCUT2D eigenvalue weighted by Gasteiger charge is 2.60. The second-order valence-corrected chi connectivity index (χ2v) is 15.5. The third-order valence-corrected chi connectivity index (χ3v) is 11.3. The first kappa shape index (κ1) is 29.5. The van der Waals surface area contributed by atoms with Gasteiger partial charge in [0.2, 0.25) is 5.79 Å². The average Bonchev–Trinajstić information content (AvgIpc) is 2.72. The van der Waals surface area contributed by atoms with Crippen LogP contribution in [0.2, 0.25) is 18.1 Å². The lowest BCUT2D eigenvalue weighted by atomic mass is 9.75. The molecular weight excluding hydrogens is 440 g/mol. The van der Waals surface area contributed by atoms with Crippen molar-refractivity contribution in [3.8, 4) is 0 Å². The Kier molecular flexibility index (Phi) is 10.1. The van der Waals surface area contributed by atoms with E-state index in [1.807, 2.05) is 13.8 Å². The Morgan fingerprint density at radius 3 is 2.27 bits per heavy atom. The summed E-state index contributed by atoms with van der Waals surface area (Å²) in [6, 6.07) is 0. The Balaban J connectivity index is 3.59. The molecule has 7 nitrogen and oxygen atoms in total. The Bertz CT molecular complexity index is 736. The molecule has 0 aromatic carbocycles. The van der Waals surface area contributed by atoms with E-state index in [1.165, 1.54) is 20.3 Å². The molecule has 0 aliphatic carbocycles. The highest BCUT2D eigenvalue weighted by Crippen LogP contribution is 2.49. The zero-order valence-corrected chi connectivity index (χ0v) is 23.2. The molecule has 1 aliphatic heterocycles. The van der Waals surface area contributed by atoms with Crippen molar-refractivity contribution in [3.63, 3.8) is 0 Å². The van der Waals surface area contributed by atoms with Crippen LogP contribution in [0.1, 0.15) is 60.8 Å². The first-order valence-electron chi connectivity index (χ1n) is 11.6. The highest BCUT2D eigenvalue weighted by molar-refractivity contribution is 6.74. The van der Waals surface area contributed by atoms with E-state index in [2.05, 4.69) is 40.4 Å². The summed E-state index contributed by atoms with van der Waals surface area (Å²) in [5.74, 6) is -2.32. The number of carbonyl (C=O) groups is 2. The zero-order valence-electron chi connectivity index (χ0n) is 22.2. The molecule has 0 aromatic heterocycles. The topological polar surface area (TPSA) is 80.3 Å². The average molecular weight is 485 g/mol. The van der Waals surface area contributed by atoms with Crippen LogP contribution in [-0.4, -0.2) is 59.1 Å². The molecule has 3 atom stereocenters. The molecule has 0 bridgehead atoms. The van der Waals surface area contributed by atoms with Gasteiger partial charge in [0.15, 0.2) is 14.4 Å². The summed E-state index contributed by atoms with van der Waals surface area (Å²) in [7, 11) is 0.758. The van der Waals surface area contributed by atoms with E-state index < -0.39 is 37.6 Å². The van der Waals surface area contributed by atoms with Crippen LogP contribution in [0.4, 0.5) is 0 Å². The van der Waals surface area contributed by atoms with Crippen molar-refractivity contribution in [1.82, 2.24) is 0 Å². The molecule has 0 aromatic rings. The van der Waals surface area contributed by atoms with Gasteiger partial charge in [0, 0.05) is 31.6 Å². The second-order valence-electron chi connectivity index (χ2n) is 10.7. The second kappa shape index (κ2) is 11.3. The van der Waals surface area contributed by atoms with E-state index >= 15 is 0 Å². The van der Waals surface area contributed by atoms with Crippen LogP contribution in [0.3, 0.4) is 0 Å². The fraction of sp³-hybridized carbons (Fsp3) is 0.760. The Hall–Kier alpha value is -1.48. The van der Waals surface area contributed by atoms with Crippen molar-refractivity contribution < 1.29 is 33.0 Å². The van der Waals surface area contributed by atoms with Gasteiger partial charge < -0.3 is 23.4 Å². The molecule has 0 amide bonds. The number of esters is 2. The largest absolute Gasteiger partial charge is 0.466 e. The molecular formula is C25H44O7Si. The quantitative estimate of drug-likeness (QED) is 0.183. The van der Waals surface area contributed by atoms with Crippen LogP contribution in [0.5, 0.6) is 0 Å². The van der Waals surface area contributed by atoms with E-state index in [9.17, 15) is 9.59 Å². The summed E-state index contributed by atoms with van der Waals surface area (Å²) in [5.41, 5.74) is -0.158. The molecule has 0 radical (unpaired) electrons. The van der Waals surface area contributed by atoms with Crippen molar-refractivity contribution in [2.24, 2.45) is 5.41 Å². The maximum atomic E-state index is 12.5. The molecule has 1 unspecified atom stereocenters. The first-order chi connectivity index (χ1) is 15.1. The number of hydrogen-bond acceptors (Lipinski definition) is 7. The molecule has 0 spiro atoms. The van der Waals surface area contributed by atoms with Gasteiger partial charge in [-0.1, -0.05) is 47.6 Å². The monoisotopic (exact) mass is 484 g/mol. The van der Waals surface area contributed by atoms with E-state index in [0.29, 0.717) is 25.0 Å². The minimum atomic E-state index is -2.09. The van der Waals surface area contributed by atoms with Crippen LogP contribution in [-0.2, 0) is 33.0 Å². The molecule has 1 rings (SSSR count). The molecule has 1 fully saturated rings. The number of rotatable bonds is 10. The van der Waals surface area contributed by atoms with Crippen molar-refractivity contribution in [2.45, 2.75) is 96.9 Å². The molecule has 1 heterocycles. The third-order valence-electron chi connectivity index (χ3n) is 6.81. The summed E-state index contributed by atoms with van der Waals surface area (Å²) >= 11 is 0. The van der Waals surface area contributed by atoms with Crippen LogP contribution in [0, 0.1) is 5.41 Å². The Labute approximate surface area is 201 Å². The number of carbonyl (C=O) groups excluding carboxylic acids is 2. The minimum Gasteiger partial charge on any atom is -0.466 e. The van der Waals surface area contributed by atoms with Gasteiger partial charge in [0.1, 0.15) is 0 Å². The van der Waals surface area contributed by atoms with Crippen LogP contribution >= 0.6 is 0 Å². The van der Waals surface area contributed by atoms with Crippen molar-refractivity contribution >= 4 is 20.3 Å². The summed E-state index contributed by atoms with van der Waals surface area (Å²) < 4.78 is 29.9. The Morgan fingerprint density at radius 1 is 1.21 bits per heavy atom. The van der Waals surface area contributed by atoms with Gasteiger partial charge in [-0.15, -0.1) is 6.58 Å². The van der Waals surface area contributed by atoms with Gasteiger partial charge in [-0.25, -0.2) is 4.79 Å². The predicted molar refractivity (Wildman–Crippen MR) is 131 cm³/mol. The van der Waals surface area contributed by atoms with Gasteiger partial charge >= 0.3 is 11.9 Å². The van der Waals surface area contributed by atoms with Gasteiger partial charge in [0.05, 0.1) is 13.2 Å². The lowest BCUT2D eigenvalue weighted by Gasteiger charge is -2.54. The molecule has 0 N–H and O–H groups in total. The van der Waals surface area contributed by atoms with Crippen molar-refractivity contribution in [3.05, 3.63) is 24.3 Å². The predicted octanol–water partition coefficient (Wildman–Crippen LogP) is 5.16. The molecule has 8 heteroatoms. The molecule has 33 heavy (non-hydrogen) atoms. The maximum Gasteiger partial charge on any atom is 0.330 e. The molecule has 1 aliphatic rings. The fourth-order valence-corrected chi connectivity index (χ4v) is 4.77. The van der Waals surface area contributed by atoms with E-state index in [-0.39, 0.29) is 17.6 Å². The lowest BCUT2D eigenvalue weighted by molar-refractivity contribution is -0.348. The Morgan fingerprint density at radius 2 is 1.82 bits per heavy atom. The normalized spacial score (nSPS) is 25.6. The van der Waals surface area contributed by atoms with Crippen LogP contribution in [0.15, 0.2) is 24.3 Å². The van der Waals surface area contributed by atoms with Gasteiger partial charge in [0.25, 0.3) is 0 Å². The smallest absolute Gasteiger partial charge is 0.330 e. The van der Waals surface area contributed by atoms with E-state index in [1.54, 1.807) is 13.0 Å². The van der Waals surface area contributed by atoms with Gasteiger partial charge in [-0.3, -0.25) is 4.79 Å². The zero-order chi connectivity index (χ0) is 25.7. The fourth-order valence-electron chi connectivity index (χ4n) is 3.62. The summed E-state index contributed by atoms with van der Waals surface area (Å²) in [6.45, 7) is 20.7. The summed E-state index contributed by atoms with van der Waals surface area (Å²) in [6.07, 6.45) is 2.99.